The summed E-state index contributed by atoms with van der Waals surface area (Å²) in [6.45, 7) is 0.438. The molecule has 1 heterocycles. The molecule has 0 aliphatic heterocycles. The fourth-order valence-corrected chi connectivity index (χ4v) is 1.77. The van der Waals surface area contributed by atoms with E-state index in [2.05, 4.69) is 26.1 Å². The Morgan fingerprint density at radius 2 is 2.28 bits per heavy atom. The predicted molar refractivity (Wildman–Crippen MR) is 67.2 cm³/mol. The Bertz CT molecular complexity index is 530. The molecule has 0 fully saturated rings. The van der Waals surface area contributed by atoms with Crippen LogP contribution in [-0.2, 0) is 13.2 Å². The number of methoxy groups -OCH3 is 1. The van der Waals surface area contributed by atoms with Crippen molar-refractivity contribution >= 4 is 15.9 Å². The van der Waals surface area contributed by atoms with Crippen LogP contribution in [0.1, 0.15) is 11.7 Å². The lowest BCUT2D eigenvalue weighted by molar-refractivity contribution is 0.283. The van der Waals surface area contributed by atoms with E-state index in [0.29, 0.717) is 17.5 Å². The quantitative estimate of drug-likeness (QED) is 0.907. The van der Waals surface area contributed by atoms with Gasteiger partial charge in [0.1, 0.15) is 11.5 Å². The highest BCUT2D eigenvalue weighted by Gasteiger charge is 2.07. The molecule has 0 spiro atoms. The third kappa shape index (κ3) is 2.99. The van der Waals surface area contributed by atoms with Crippen molar-refractivity contribution in [2.24, 2.45) is 5.73 Å². The second kappa shape index (κ2) is 5.83. The third-order valence-corrected chi connectivity index (χ3v) is 2.80. The maximum Gasteiger partial charge on any atom is 0.240 e. The van der Waals surface area contributed by atoms with Crippen molar-refractivity contribution in [2.45, 2.75) is 13.2 Å². The number of ether oxygens (including phenoxy) is 2. The number of rotatable bonds is 5. The van der Waals surface area contributed by atoms with Crippen molar-refractivity contribution in [2.75, 3.05) is 7.11 Å². The second-order valence-electron chi connectivity index (χ2n) is 3.39. The molecule has 2 aromatic rings. The number of halogens is 1. The molecule has 6 nitrogen and oxygen atoms in total. The molecule has 2 rings (SSSR count). The molecule has 0 amide bonds. The highest BCUT2D eigenvalue weighted by molar-refractivity contribution is 9.10. The summed E-state index contributed by atoms with van der Waals surface area (Å²) >= 11 is 3.39. The Morgan fingerprint density at radius 3 is 2.89 bits per heavy atom. The minimum Gasteiger partial charge on any atom is -0.497 e. The predicted octanol–water partition coefficient (Wildman–Crippen LogP) is 1.88. The molecule has 0 aliphatic rings. The molecule has 96 valence electrons. The number of nitrogens with two attached hydrogens (primary N) is 1. The van der Waals surface area contributed by atoms with E-state index in [1.54, 1.807) is 13.2 Å². The fourth-order valence-electron chi connectivity index (χ4n) is 1.30. The van der Waals surface area contributed by atoms with E-state index in [1.165, 1.54) is 0 Å². The van der Waals surface area contributed by atoms with E-state index in [1.807, 2.05) is 12.1 Å². The van der Waals surface area contributed by atoms with Crippen molar-refractivity contribution in [3.05, 3.63) is 34.4 Å². The smallest absolute Gasteiger partial charge is 0.240 e. The van der Waals surface area contributed by atoms with Gasteiger partial charge in [-0.3, -0.25) is 0 Å². The van der Waals surface area contributed by atoms with Crippen LogP contribution in [0, 0.1) is 0 Å². The van der Waals surface area contributed by atoms with Crippen LogP contribution < -0.4 is 15.2 Å². The minimum absolute atomic E-state index is 0.217. The van der Waals surface area contributed by atoms with Gasteiger partial charge in [-0.1, -0.05) is 5.16 Å². The summed E-state index contributed by atoms with van der Waals surface area (Å²) in [5.41, 5.74) is 5.37. The Morgan fingerprint density at radius 1 is 1.44 bits per heavy atom. The zero-order valence-electron chi connectivity index (χ0n) is 9.72. The molecule has 0 unspecified atom stereocenters. The summed E-state index contributed by atoms with van der Waals surface area (Å²) in [6, 6.07) is 5.42. The van der Waals surface area contributed by atoms with Crippen LogP contribution in [0.5, 0.6) is 11.5 Å². The molecule has 7 heteroatoms. The second-order valence-corrected chi connectivity index (χ2v) is 4.25. The third-order valence-electron chi connectivity index (χ3n) is 2.18. The number of nitrogens with zero attached hydrogens (tertiary/aromatic N) is 2. The van der Waals surface area contributed by atoms with E-state index in [-0.39, 0.29) is 13.2 Å². The maximum absolute atomic E-state index is 5.55. The van der Waals surface area contributed by atoms with Crippen molar-refractivity contribution in [3.63, 3.8) is 0 Å². The van der Waals surface area contributed by atoms with Gasteiger partial charge in [0.05, 0.1) is 18.1 Å². The summed E-state index contributed by atoms with van der Waals surface area (Å²) in [5, 5.41) is 3.73. The molecular weight excluding hydrogens is 302 g/mol. The lowest BCUT2D eigenvalue weighted by Gasteiger charge is -2.07. The van der Waals surface area contributed by atoms with Gasteiger partial charge >= 0.3 is 0 Å². The number of aromatic nitrogens is 2. The van der Waals surface area contributed by atoms with Crippen molar-refractivity contribution in [3.8, 4) is 11.5 Å². The summed E-state index contributed by atoms with van der Waals surface area (Å²) in [7, 11) is 1.61. The van der Waals surface area contributed by atoms with Gasteiger partial charge in [-0.15, -0.1) is 0 Å². The molecule has 1 aromatic carbocycles. The highest BCUT2D eigenvalue weighted by atomic mass is 79.9. The average Bonchev–Trinajstić information content (AvgIpc) is 2.85. The van der Waals surface area contributed by atoms with E-state index < -0.39 is 0 Å². The fraction of sp³-hybridized carbons (Fsp3) is 0.273. The van der Waals surface area contributed by atoms with Crippen LogP contribution in [0.2, 0.25) is 0 Å². The van der Waals surface area contributed by atoms with Crippen LogP contribution in [0.3, 0.4) is 0 Å². The van der Waals surface area contributed by atoms with E-state index in [0.717, 1.165) is 10.2 Å². The zero-order chi connectivity index (χ0) is 13.0. The Balaban J connectivity index is 2.01. The molecule has 0 radical (unpaired) electrons. The Kier molecular flexibility index (Phi) is 4.16. The summed E-state index contributed by atoms with van der Waals surface area (Å²) in [5.74, 6) is 2.27. The first-order valence-corrected chi connectivity index (χ1v) is 6.00. The zero-order valence-corrected chi connectivity index (χ0v) is 11.3. The first-order valence-electron chi connectivity index (χ1n) is 5.21. The standard InChI is InChI=1S/C11H12BrN3O3/c1-16-7-2-3-9(8(12)4-7)17-6-10-14-11(5-13)18-15-10/h2-4H,5-6,13H2,1H3. The number of benzene rings is 1. The van der Waals surface area contributed by atoms with Crippen molar-refractivity contribution in [1.29, 1.82) is 0 Å². The molecular formula is C11H12BrN3O3. The largest absolute Gasteiger partial charge is 0.497 e. The van der Waals surface area contributed by atoms with Gasteiger partial charge < -0.3 is 19.7 Å². The topological polar surface area (TPSA) is 83.4 Å². The maximum atomic E-state index is 5.55. The van der Waals surface area contributed by atoms with Gasteiger partial charge in [0.2, 0.25) is 11.7 Å². The average molecular weight is 314 g/mol. The monoisotopic (exact) mass is 313 g/mol. The number of hydrogen-bond donors (Lipinski definition) is 1. The van der Waals surface area contributed by atoms with Gasteiger partial charge in [-0.25, -0.2) is 0 Å². The number of hydrogen-bond acceptors (Lipinski definition) is 6. The van der Waals surface area contributed by atoms with Crippen molar-refractivity contribution < 1.29 is 14.0 Å². The summed E-state index contributed by atoms with van der Waals surface area (Å²) < 4.78 is 16.3. The van der Waals surface area contributed by atoms with Crippen LogP contribution in [0.25, 0.3) is 0 Å². The summed E-state index contributed by atoms with van der Waals surface area (Å²) in [6.07, 6.45) is 0. The molecule has 0 aliphatic carbocycles. The van der Waals surface area contributed by atoms with Gasteiger partial charge in [0.15, 0.2) is 6.61 Å². The van der Waals surface area contributed by atoms with Crippen LogP contribution in [-0.4, -0.2) is 17.3 Å². The van der Waals surface area contributed by atoms with Crippen LogP contribution >= 0.6 is 15.9 Å². The molecule has 1 aromatic heterocycles. The molecule has 18 heavy (non-hydrogen) atoms. The van der Waals surface area contributed by atoms with Crippen molar-refractivity contribution in [1.82, 2.24) is 10.1 Å². The van der Waals surface area contributed by atoms with E-state index >= 15 is 0 Å². The normalized spacial score (nSPS) is 10.4. The first kappa shape index (κ1) is 12.8. The SMILES string of the molecule is COc1ccc(OCc2noc(CN)n2)c(Br)c1. The van der Waals surface area contributed by atoms with Gasteiger partial charge in [-0.05, 0) is 34.1 Å². The van der Waals surface area contributed by atoms with Gasteiger partial charge in [0.25, 0.3) is 0 Å². The van der Waals surface area contributed by atoms with Crippen LogP contribution in [0.15, 0.2) is 27.2 Å². The van der Waals surface area contributed by atoms with E-state index in [9.17, 15) is 0 Å². The van der Waals surface area contributed by atoms with Gasteiger partial charge in [0, 0.05) is 0 Å². The first-order chi connectivity index (χ1) is 8.72. The molecule has 0 atom stereocenters. The minimum atomic E-state index is 0.217. The van der Waals surface area contributed by atoms with Crippen LogP contribution in [0.4, 0.5) is 0 Å². The van der Waals surface area contributed by atoms with E-state index in [4.69, 9.17) is 19.7 Å². The molecule has 0 saturated heterocycles. The highest BCUT2D eigenvalue weighted by Crippen LogP contribution is 2.29. The molecule has 0 bridgehead atoms. The summed E-state index contributed by atoms with van der Waals surface area (Å²) in [4.78, 5) is 4.04. The Labute approximate surface area is 112 Å². The lowest BCUT2D eigenvalue weighted by atomic mass is 10.3. The molecule has 0 saturated carbocycles. The van der Waals surface area contributed by atoms with Gasteiger partial charge in [-0.2, -0.15) is 4.98 Å². The molecule has 2 N–H and O–H groups in total. The lowest BCUT2D eigenvalue weighted by Crippen LogP contribution is -2.00. The Hall–Kier alpha value is -1.60.